The molecule has 0 bridgehead atoms. The molecule has 3 rings (SSSR count). The smallest absolute Gasteiger partial charge is 0.255 e. The van der Waals surface area contributed by atoms with Gasteiger partial charge in [-0.2, -0.15) is 4.57 Å². The van der Waals surface area contributed by atoms with Crippen molar-refractivity contribution in [2.75, 3.05) is 5.32 Å². The van der Waals surface area contributed by atoms with Crippen LogP contribution in [0.15, 0.2) is 79.0 Å². The average molecular weight is 411 g/mol. The minimum absolute atomic E-state index is 0. The second kappa shape index (κ2) is 9.06. The third kappa shape index (κ3) is 4.86. The first-order valence-electron chi connectivity index (χ1n) is 8.08. The lowest BCUT2D eigenvalue weighted by Crippen LogP contribution is -3.00. The molecule has 3 aromatic rings. The number of benzene rings is 2. The van der Waals surface area contributed by atoms with E-state index in [1.54, 1.807) is 36.4 Å². The normalized spacial score (nSPS) is 9.88. The zero-order valence-corrected chi connectivity index (χ0v) is 15.9. The quantitative estimate of drug-likeness (QED) is 0.489. The van der Waals surface area contributed by atoms with Gasteiger partial charge in [-0.3, -0.25) is 9.59 Å². The van der Waals surface area contributed by atoms with Crippen molar-refractivity contribution in [2.24, 2.45) is 0 Å². The van der Waals surface area contributed by atoms with Gasteiger partial charge in [-0.05, 0) is 36.4 Å². The zero-order chi connectivity index (χ0) is 17.6. The summed E-state index contributed by atoms with van der Waals surface area (Å²) in [5.41, 5.74) is 2.91. The molecule has 0 saturated heterocycles. The van der Waals surface area contributed by atoms with Gasteiger partial charge in [-0.1, -0.05) is 24.3 Å². The number of hydrogen-bond donors (Lipinski definition) is 1. The van der Waals surface area contributed by atoms with Crippen LogP contribution in [-0.2, 0) is 6.54 Å². The van der Waals surface area contributed by atoms with Gasteiger partial charge in [0.1, 0.15) is 0 Å². The third-order valence-corrected chi connectivity index (χ3v) is 3.98. The molecule has 0 aliphatic heterocycles. The average Bonchev–Trinajstić information content (AvgIpc) is 2.65. The van der Waals surface area contributed by atoms with Gasteiger partial charge in [-0.25, -0.2) is 0 Å². The largest absolute Gasteiger partial charge is 1.00 e. The van der Waals surface area contributed by atoms with Crippen LogP contribution in [0.1, 0.15) is 26.4 Å². The maximum absolute atomic E-state index is 12.4. The van der Waals surface area contributed by atoms with Crippen molar-refractivity contribution in [1.29, 1.82) is 0 Å². The summed E-state index contributed by atoms with van der Waals surface area (Å²) in [5, 5.41) is 2.83. The Hall–Kier alpha value is -2.79. The summed E-state index contributed by atoms with van der Waals surface area (Å²) in [5.74, 6) is -0.143. The predicted octanol–water partition coefficient (Wildman–Crippen LogP) is 0.422. The van der Waals surface area contributed by atoms with Crippen LogP contribution in [0.5, 0.6) is 0 Å². The maximum atomic E-state index is 12.4. The number of aromatic nitrogens is 1. The van der Waals surface area contributed by atoms with Crippen molar-refractivity contribution in [2.45, 2.75) is 13.5 Å². The standard InChI is InChI=1S/C21H18N2O2.BrH/c1-16-7-5-6-14-23(16)15-20(24)17-10-12-19(13-11-17)22-21(25)18-8-3-2-4-9-18;/h2-14H,15H2,1H3;1H. The summed E-state index contributed by atoms with van der Waals surface area (Å²) in [7, 11) is 0. The molecule has 0 saturated carbocycles. The maximum Gasteiger partial charge on any atom is 0.255 e. The van der Waals surface area contributed by atoms with E-state index in [0.29, 0.717) is 23.4 Å². The van der Waals surface area contributed by atoms with E-state index in [1.165, 1.54) is 0 Å². The van der Waals surface area contributed by atoms with E-state index in [0.717, 1.165) is 5.69 Å². The first-order chi connectivity index (χ1) is 12.1. The monoisotopic (exact) mass is 410 g/mol. The summed E-state index contributed by atoms with van der Waals surface area (Å²) < 4.78 is 1.91. The minimum Gasteiger partial charge on any atom is -1.00 e. The number of pyridine rings is 1. The fourth-order valence-electron chi connectivity index (χ4n) is 2.52. The number of ketones is 1. The van der Waals surface area contributed by atoms with Gasteiger partial charge in [-0.15, -0.1) is 0 Å². The van der Waals surface area contributed by atoms with Crippen molar-refractivity contribution in [3.63, 3.8) is 0 Å². The second-order valence-electron chi connectivity index (χ2n) is 5.79. The van der Waals surface area contributed by atoms with Gasteiger partial charge in [0.2, 0.25) is 12.3 Å². The highest BCUT2D eigenvalue weighted by Gasteiger charge is 2.14. The molecule has 0 spiro atoms. The lowest BCUT2D eigenvalue weighted by Gasteiger charge is -2.06. The van der Waals surface area contributed by atoms with E-state index in [4.69, 9.17) is 0 Å². The van der Waals surface area contributed by atoms with Crippen molar-refractivity contribution in [3.8, 4) is 0 Å². The number of rotatable bonds is 5. The molecule has 1 aromatic heterocycles. The van der Waals surface area contributed by atoms with Crippen LogP contribution in [0.25, 0.3) is 0 Å². The molecule has 1 N–H and O–H groups in total. The van der Waals surface area contributed by atoms with Gasteiger partial charge in [0.25, 0.3) is 5.91 Å². The van der Waals surface area contributed by atoms with Gasteiger partial charge in [0.15, 0.2) is 11.9 Å². The van der Waals surface area contributed by atoms with Crippen LogP contribution >= 0.6 is 0 Å². The zero-order valence-electron chi connectivity index (χ0n) is 14.4. The van der Waals surface area contributed by atoms with Crippen LogP contribution in [0.4, 0.5) is 5.69 Å². The number of carbonyl (C=O) groups excluding carboxylic acids is 2. The topological polar surface area (TPSA) is 50.0 Å². The Morgan fingerprint density at radius 3 is 2.15 bits per heavy atom. The number of Topliss-reactive ketones (excluding diaryl/α,β-unsaturated/α-hetero) is 1. The number of anilines is 1. The van der Waals surface area contributed by atoms with E-state index in [2.05, 4.69) is 5.32 Å². The van der Waals surface area contributed by atoms with Gasteiger partial charge in [0, 0.05) is 35.9 Å². The van der Waals surface area contributed by atoms with Crippen LogP contribution in [0.2, 0.25) is 0 Å². The second-order valence-corrected chi connectivity index (χ2v) is 5.79. The van der Waals surface area contributed by atoms with E-state index < -0.39 is 0 Å². The van der Waals surface area contributed by atoms with Crippen LogP contribution in [0.3, 0.4) is 0 Å². The van der Waals surface area contributed by atoms with Gasteiger partial charge < -0.3 is 22.3 Å². The molecule has 4 nitrogen and oxygen atoms in total. The molecule has 1 heterocycles. The molecule has 132 valence electrons. The number of halogens is 1. The summed E-state index contributed by atoms with van der Waals surface area (Å²) in [6.45, 7) is 2.26. The van der Waals surface area contributed by atoms with Gasteiger partial charge >= 0.3 is 0 Å². The number of hydrogen-bond acceptors (Lipinski definition) is 2. The Labute approximate surface area is 163 Å². The number of aryl methyl sites for hydroxylation is 1. The molecule has 0 fully saturated rings. The van der Waals surface area contributed by atoms with E-state index in [9.17, 15) is 9.59 Å². The van der Waals surface area contributed by atoms with Gasteiger partial charge in [0.05, 0.1) is 0 Å². The fourth-order valence-corrected chi connectivity index (χ4v) is 2.52. The van der Waals surface area contributed by atoms with Crippen LogP contribution in [-0.4, -0.2) is 11.7 Å². The van der Waals surface area contributed by atoms with Crippen molar-refractivity contribution in [3.05, 3.63) is 95.8 Å². The van der Waals surface area contributed by atoms with Crippen LogP contribution in [0, 0.1) is 6.92 Å². The lowest BCUT2D eigenvalue weighted by molar-refractivity contribution is -0.689. The number of nitrogens with zero attached hydrogens (tertiary/aromatic N) is 1. The first-order valence-corrected chi connectivity index (χ1v) is 8.08. The molecule has 26 heavy (non-hydrogen) atoms. The van der Waals surface area contributed by atoms with Crippen molar-refractivity contribution < 1.29 is 31.1 Å². The Bertz CT molecular complexity index is 893. The predicted molar refractivity (Wildman–Crippen MR) is 96.5 cm³/mol. The molecule has 0 unspecified atom stereocenters. The van der Waals surface area contributed by atoms with Crippen molar-refractivity contribution >= 4 is 17.4 Å². The SMILES string of the molecule is Cc1cccc[n+]1CC(=O)c1ccc(NC(=O)c2ccccc2)cc1.[Br-]. The Morgan fingerprint density at radius 2 is 1.50 bits per heavy atom. The molecule has 0 radical (unpaired) electrons. The number of nitrogens with one attached hydrogen (secondary N) is 1. The summed E-state index contributed by atoms with van der Waals surface area (Å²) in [6, 6.07) is 21.8. The summed E-state index contributed by atoms with van der Waals surface area (Å²) >= 11 is 0. The molecule has 2 aromatic carbocycles. The summed E-state index contributed by atoms with van der Waals surface area (Å²) in [6.07, 6.45) is 1.89. The highest BCUT2D eigenvalue weighted by Crippen LogP contribution is 2.12. The molecule has 5 heteroatoms. The van der Waals surface area contributed by atoms with E-state index in [1.807, 2.05) is 54.1 Å². The Kier molecular flexibility index (Phi) is 6.81. The summed E-state index contributed by atoms with van der Waals surface area (Å²) in [4.78, 5) is 24.5. The van der Waals surface area contributed by atoms with E-state index in [-0.39, 0.29) is 28.7 Å². The molecule has 0 atom stereocenters. The first kappa shape index (κ1) is 19.5. The molecular formula is C21H19BrN2O2. The van der Waals surface area contributed by atoms with E-state index >= 15 is 0 Å². The number of amides is 1. The highest BCUT2D eigenvalue weighted by molar-refractivity contribution is 6.04. The Balaban J connectivity index is 0.00000243. The Morgan fingerprint density at radius 1 is 0.846 bits per heavy atom. The highest BCUT2D eigenvalue weighted by atomic mass is 79.9. The minimum atomic E-state index is -0.171. The van der Waals surface area contributed by atoms with Crippen LogP contribution < -0.4 is 26.9 Å². The lowest BCUT2D eigenvalue weighted by atomic mass is 10.1. The molecule has 1 amide bonds. The number of carbonyl (C=O) groups is 2. The molecule has 0 aliphatic carbocycles. The third-order valence-electron chi connectivity index (χ3n) is 3.98. The van der Waals surface area contributed by atoms with Crippen molar-refractivity contribution in [1.82, 2.24) is 0 Å². The fraction of sp³-hybridized carbons (Fsp3) is 0.0952. The molecule has 0 aliphatic rings. The molecular weight excluding hydrogens is 392 g/mol.